The Hall–Kier alpha value is -3.47. The number of benzene rings is 1. The molecular formula is C32H45ClFN7O2. The number of amides is 1. The zero-order valence-corrected chi connectivity index (χ0v) is 26.4. The Bertz CT molecular complexity index is 1320. The average molecular weight is 614 g/mol. The molecule has 0 bridgehead atoms. The van der Waals surface area contributed by atoms with E-state index < -0.39 is 5.82 Å². The highest BCUT2D eigenvalue weighted by Gasteiger charge is 2.21. The highest BCUT2D eigenvalue weighted by molar-refractivity contribution is 6.30. The Morgan fingerprint density at radius 2 is 1.81 bits per heavy atom. The summed E-state index contributed by atoms with van der Waals surface area (Å²) in [6, 6.07) is 7.56. The Balaban J connectivity index is 1.85. The number of likely N-dealkylation sites (N-methyl/N-ethyl adjacent to an activating group) is 1. The van der Waals surface area contributed by atoms with E-state index in [1.807, 2.05) is 20.8 Å². The van der Waals surface area contributed by atoms with Gasteiger partial charge in [-0.2, -0.15) is 0 Å². The molecule has 1 saturated heterocycles. The van der Waals surface area contributed by atoms with Crippen LogP contribution < -0.4 is 22.1 Å². The monoisotopic (exact) mass is 613 g/mol. The zero-order valence-electron chi connectivity index (χ0n) is 25.6. The second kappa shape index (κ2) is 16.4. The molecule has 0 saturated carbocycles. The lowest BCUT2D eigenvalue weighted by Gasteiger charge is -2.32. The molecule has 2 atom stereocenters. The molecule has 234 valence electrons. The van der Waals surface area contributed by atoms with E-state index in [9.17, 15) is 14.0 Å². The highest BCUT2D eigenvalue weighted by atomic mass is 35.5. The lowest BCUT2D eigenvalue weighted by Crippen LogP contribution is -2.45. The number of piperazine rings is 1. The summed E-state index contributed by atoms with van der Waals surface area (Å²) in [6.45, 7) is 10.4. The summed E-state index contributed by atoms with van der Waals surface area (Å²) in [5, 5.41) is 6.48. The summed E-state index contributed by atoms with van der Waals surface area (Å²) in [6.07, 6.45) is 5.10. The molecule has 6 N–H and O–H groups in total. The molecule has 1 fully saturated rings. The number of Topliss-reactive ketones (excluding diaryl/α,β-unsaturated/α-hetero) is 1. The lowest BCUT2D eigenvalue weighted by molar-refractivity contribution is -0.123. The molecule has 2 aromatic rings. The number of aromatic nitrogens is 1. The third-order valence-corrected chi connectivity index (χ3v) is 8.19. The van der Waals surface area contributed by atoms with Gasteiger partial charge in [-0.05, 0) is 50.2 Å². The van der Waals surface area contributed by atoms with E-state index in [1.165, 1.54) is 18.2 Å². The first-order valence-corrected chi connectivity index (χ1v) is 15.3. The van der Waals surface area contributed by atoms with Gasteiger partial charge in [-0.3, -0.25) is 9.59 Å². The molecule has 0 aliphatic carbocycles. The summed E-state index contributed by atoms with van der Waals surface area (Å²) in [5.74, 6) is -0.507. The fourth-order valence-corrected chi connectivity index (χ4v) is 4.95. The number of hydrogen-bond acceptors (Lipinski definition) is 8. The molecule has 3 rings (SSSR count). The number of nitrogens with two attached hydrogens (primary N) is 2. The molecule has 1 aliphatic heterocycles. The van der Waals surface area contributed by atoms with Crippen molar-refractivity contribution in [3.8, 4) is 0 Å². The molecule has 1 aliphatic rings. The van der Waals surface area contributed by atoms with Gasteiger partial charge in [0.2, 0.25) is 5.91 Å². The summed E-state index contributed by atoms with van der Waals surface area (Å²) >= 11 is 6.11. The molecule has 11 heteroatoms. The van der Waals surface area contributed by atoms with Gasteiger partial charge in [-0.1, -0.05) is 32.4 Å². The Morgan fingerprint density at radius 3 is 2.49 bits per heavy atom. The van der Waals surface area contributed by atoms with E-state index in [2.05, 4.69) is 32.5 Å². The van der Waals surface area contributed by atoms with Gasteiger partial charge in [0.15, 0.2) is 0 Å². The second-order valence-electron chi connectivity index (χ2n) is 11.2. The quantitative estimate of drug-likeness (QED) is 0.218. The van der Waals surface area contributed by atoms with E-state index in [0.29, 0.717) is 47.3 Å². The van der Waals surface area contributed by atoms with Crippen molar-refractivity contribution in [3.05, 3.63) is 70.4 Å². The van der Waals surface area contributed by atoms with Crippen LogP contribution in [0.4, 0.5) is 15.9 Å². The van der Waals surface area contributed by atoms with Gasteiger partial charge in [-0.15, -0.1) is 0 Å². The van der Waals surface area contributed by atoms with Crippen molar-refractivity contribution in [1.82, 2.24) is 14.8 Å². The van der Waals surface area contributed by atoms with Gasteiger partial charge < -0.3 is 31.9 Å². The average Bonchev–Trinajstić information content (AvgIpc) is 2.99. The molecule has 0 radical (unpaired) electrons. The van der Waals surface area contributed by atoms with Crippen LogP contribution in [0.2, 0.25) is 5.02 Å². The minimum Gasteiger partial charge on any atom is -0.400 e. The molecule has 1 unspecified atom stereocenters. The van der Waals surface area contributed by atoms with E-state index in [1.54, 1.807) is 24.4 Å². The first-order valence-electron chi connectivity index (χ1n) is 14.9. The van der Waals surface area contributed by atoms with Crippen molar-refractivity contribution in [1.29, 1.82) is 0 Å². The summed E-state index contributed by atoms with van der Waals surface area (Å²) in [5.41, 5.74) is 14.7. The maximum Gasteiger partial charge on any atom is 0.226 e. The number of halogens is 2. The second-order valence-corrected chi connectivity index (χ2v) is 11.6. The van der Waals surface area contributed by atoms with Crippen LogP contribution in [0, 0.1) is 17.7 Å². The predicted octanol–water partition coefficient (Wildman–Crippen LogP) is 5.06. The number of anilines is 2. The minimum absolute atomic E-state index is 0.0814. The van der Waals surface area contributed by atoms with Gasteiger partial charge in [-0.25, -0.2) is 9.37 Å². The third kappa shape index (κ3) is 10.3. The lowest BCUT2D eigenvalue weighted by atomic mass is 9.89. The standard InChI is InChI=1S/C32H45ClFN7O2/c1-5-21(3)29(42)17-22(6-2)32(36)28(20-27(35)25-18-23(33)7-8-26(25)34)38-24-9-11-37-30(19-24)39-31(43)10-12-41-15-13-40(4)14-16-41/h7-9,11,18-22H,5-6,10,12-17,35-36H2,1-4H3,(H2,37,38,39,43)/b27-20-,32-28+/t21-,22?/m1/s1. The Kier molecular flexibility index (Phi) is 13.0. The normalized spacial score (nSPS) is 16.7. The van der Waals surface area contributed by atoms with Crippen molar-refractivity contribution in [2.45, 2.75) is 46.5 Å². The van der Waals surface area contributed by atoms with Gasteiger partial charge in [0.05, 0.1) is 5.70 Å². The Labute approximate surface area is 259 Å². The van der Waals surface area contributed by atoms with Crippen LogP contribution in [-0.4, -0.2) is 66.2 Å². The van der Waals surface area contributed by atoms with Crippen LogP contribution in [0.1, 0.15) is 52.0 Å². The number of pyridine rings is 1. The summed E-state index contributed by atoms with van der Waals surface area (Å²) < 4.78 is 14.7. The van der Waals surface area contributed by atoms with E-state index >= 15 is 0 Å². The number of nitrogens with zero attached hydrogens (tertiary/aromatic N) is 3. The Morgan fingerprint density at radius 1 is 1.09 bits per heavy atom. The molecule has 9 nitrogen and oxygen atoms in total. The molecule has 43 heavy (non-hydrogen) atoms. The van der Waals surface area contributed by atoms with Crippen LogP contribution in [0.5, 0.6) is 0 Å². The zero-order chi connectivity index (χ0) is 31.5. The first kappa shape index (κ1) is 34.0. The predicted molar refractivity (Wildman–Crippen MR) is 173 cm³/mol. The van der Waals surface area contributed by atoms with E-state index in [4.69, 9.17) is 23.1 Å². The molecule has 0 spiro atoms. The number of hydrogen-bond donors (Lipinski definition) is 4. The summed E-state index contributed by atoms with van der Waals surface area (Å²) in [4.78, 5) is 34.4. The van der Waals surface area contributed by atoms with Crippen LogP contribution in [-0.2, 0) is 9.59 Å². The van der Waals surface area contributed by atoms with Crippen molar-refractivity contribution >= 4 is 40.5 Å². The first-order chi connectivity index (χ1) is 20.5. The SMILES string of the molecule is CCC(CC(=O)[C@H](C)CC)/C(N)=C(/C=C(\N)c1cc(Cl)ccc1F)Nc1ccnc(NC(=O)CCN2CCN(C)CC2)c1. The van der Waals surface area contributed by atoms with Crippen LogP contribution in [0.25, 0.3) is 5.70 Å². The van der Waals surface area contributed by atoms with E-state index in [-0.39, 0.29) is 41.2 Å². The highest BCUT2D eigenvalue weighted by Crippen LogP contribution is 2.27. The maximum atomic E-state index is 14.7. The van der Waals surface area contributed by atoms with Crippen LogP contribution in [0.15, 0.2) is 54.0 Å². The molecule has 1 aromatic carbocycles. The minimum atomic E-state index is -0.527. The van der Waals surface area contributed by atoms with E-state index in [0.717, 1.165) is 32.6 Å². The third-order valence-electron chi connectivity index (χ3n) is 7.95. The fraction of sp³-hybridized carbons (Fsp3) is 0.469. The number of nitrogens with one attached hydrogen (secondary N) is 2. The van der Waals surface area contributed by atoms with Crippen molar-refractivity contribution < 1.29 is 14.0 Å². The molecule has 1 aromatic heterocycles. The van der Waals surface area contributed by atoms with Gasteiger partial charge >= 0.3 is 0 Å². The number of ketones is 1. The van der Waals surface area contributed by atoms with Crippen molar-refractivity contribution in [2.24, 2.45) is 23.3 Å². The van der Waals surface area contributed by atoms with Crippen molar-refractivity contribution in [3.63, 3.8) is 0 Å². The molecule has 1 amide bonds. The fourth-order valence-electron chi connectivity index (χ4n) is 4.78. The molecular weight excluding hydrogens is 569 g/mol. The van der Waals surface area contributed by atoms with Crippen molar-refractivity contribution in [2.75, 3.05) is 50.4 Å². The number of rotatable bonds is 14. The topological polar surface area (TPSA) is 130 Å². The number of carbonyl (C=O) groups excluding carboxylic acids is 2. The molecule has 2 heterocycles. The largest absolute Gasteiger partial charge is 0.400 e. The van der Waals surface area contributed by atoms with Crippen LogP contribution >= 0.6 is 11.6 Å². The number of carbonyl (C=O) groups is 2. The van der Waals surface area contributed by atoms with Gasteiger partial charge in [0, 0.05) is 97.3 Å². The van der Waals surface area contributed by atoms with Gasteiger partial charge in [0.25, 0.3) is 0 Å². The number of allylic oxidation sites excluding steroid dienone is 2. The summed E-state index contributed by atoms with van der Waals surface area (Å²) in [7, 11) is 2.10. The smallest absolute Gasteiger partial charge is 0.226 e. The van der Waals surface area contributed by atoms with Gasteiger partial charge in [0.1, 0.15) is 17.4 Å². The van der Waals surface area contributed by atoms with Crippen LogP contribution in [0.3, 0.4) is 0 Å². The maximum absolute atomic E-state index is 14.7.